The van der Waals surface area contributed by atoms with Gasteiger partial charge in [-0.05, 0) is 0 Å². The van der Waals surface area contributed by atoms with Gasteiger partial charge in [0.25, 0.3) is 0 Å². The largest absolute Gasteiger partial charge is 0.726 e. The first-order chi connectivity index (χ1) is 8.41. The van der Waals surface area contributed by atoms with Gasteiger partial charge in [-0.1, -0.05) is 5.10 Å². The highest BCUT2D eigenvalue weighted by Gasteiger charge is 2.02. The maximum Gasteiger partial charge on any atom is 0.217 e. The first kappa shape index (κ1) is 19.9. The summed E-state index contributed by atoms with van der Waals surface area (Å²) in [5.74, 6) is 0. The van der Waals surface area contributed by atoms with Crippen molar-refractivity contribution in [2.24, 2.45) is 5.10 Å². The molecule has 0 aromatic rings. The van der Waals surface area contributed by atoms with E-state index in [2.05, 4.69) is 15.4 Å². The lowest BCUT2D eigenvalue weighted by Gasteiger charge is -2.14. The first-order valence-electron chi connectivity index (χ1n) is 5.08. The summed E-state index contributed by atoms with van der Waals surface area (Å²) in [5.41, 5.74) is 0.554. The Balaban J connectivity index is 0. The topological polar surface area (TPSA) is 106 Å². The number of quaternary nitrogens is 1. The van der Waals surface area contributed by atoms with Crippen LogP contribution >= 0.6 is 0 Å². The van der Waals surface area contributed by atoms with E-state index in [0.717, 1.165) is 7.11 Å². The number of rotatable bonds is 4. The van der Waals surface area contributed by atoms with Crippen LogP contribution in [0.5, 0.6) is 0 Å². The maximum absolute atomic E-state index is 9.22. The minimum Gasteiger partial charge on any atom is -0.726 e. The summed E-state index contributed by atoms with van der Waals surface area (Å²) in [7, 11) is 5.94. The van der Waals surface area contributed by atoms with Gasteiger partial charge in [0.1, 0.15) is 12.3 Å². The molecule has 0 atom stereocenters. The van der Waals surface area contributed by atoms with Crippen LogP contribution in [0.3, 0.4) is 0 Å². The molecule has 0 saturated carbocycles. The number of nitriles is 1. The number of nitrogens with zero attached hydrogens (tertiary/aromatic N) is 4. The molecule has 0 aliphatic rings. The molecule has 19 heavy (non-hydrogen) atoms. The minimum absolute atomic E-state index is 0.465. The van der Waals surface area contributed by atoms with Crippen LogP contribution in [0.1, 0.15) is 0 Å². The molecule has 0 aliphatic carbocycles. The molecule has 0 amide bonds. The van der Waals surface area contributed by atoms with E-state index in [1.807, 2.05) is 40.1 Å². The Hall–Kier alpha value is -1.47. The number of hydrogen-bond acceptors (Lipinski definition) is 7. The second-order valence-corrected chi connectivity index (χ2v) is 5.57. The van der Waals surface area contributed by atoms with Gasteiger partial charge in [0.2, 0.25) is 10.4 Å². The van der Waals surface area contributed by atoms with E-state index in [4.69, 9.17) is 5.26 Å². The second kappa shape index (κ2) is 8.60. The number of hydrogen-bond donors (Lipinski definition) is 0. The fourth-order valence-corrected chi connectivity index (χ4v) is 0.605. The van der Waals surface area contributed by atoms with Crippen molar-refractivity contribution in [2.75, 3.05) is 42.3 Å². The van der Waals surface area contributed by atoms with Gasteiger partial charge in [0, 0.05) is 20.3 Å². The molecular weight excluding hydrogens is 272 g/mol. The van der Waals surface area contributed by atoms with Gasteiger partial charge < -0.3 is 9.45 Å². The van der Waals surface area contributed by atoms with E-state index in [9.17, 15) is 13.0 Å². The van der Waals surface area contributed by atoms with E-state index in [-0.39, 0.29) is 0 Å². The number of allylic oxidation sites excluding steroid dienone is 1. The lowest BCUT2D eigenvalue weighted by molar-refractivity contribution is -0.876. The second-order valence-electron chi connectivity index (χ2n) is 4.42. The molecule has 0 aliphatic heterocycles. The summed E-state index contributed by atoms with van der Waals surface area (Å²) < 4.78 is 31.5. The van der Waals surface area contributed by atoms with Gasteiger partial charge in [-0.3, -0.25) is 4.18 Å². The van der Waals surface area contributed by atoms with Gasteiger partial charge in [-0.25, -0.2) is 13.0 Å². The summed E-state index contributed by atoms with van der Waals surface area (Å²) in [6.07, 6.45) is 3.32. The van der Waals surface area contributed by atoms with Crippen LogP contribution < -0.4 is 0 Å². The Bertz CT molecular complexity index is 455. The van der Waals surface area contributed by atoms with Crippen LogP contribution in [0, 0.1) is 11.3 Å². The molecule has 110 valence electrons. The highest BCUT2D eigenvalue weighted by Crippen LogP contribution is 1.94. The van der Waals surface area contributed by atoms with Crippen LogP contribution in [-0.2, 0) is 14.6 Å². The monoisotopic (exact) mass is 292 g/mol. The highest BCUT2D eigenvalue weighted by molar-refractivity contribution is 7.80. The molecule has 8 nitrogen and oxygen atoms in total. The maximum atomic E-state index is 9.22. The summed E-state index contributed by atoms with van der Waals surface area (Å²) in [5, 5.41) is 12.9. The van der Waals surface area contributed by atoms with E-state index >= 15 is 0 Å². The Morgan fingerprint density at radius 2 is 1.84 bits per heavy atom. The lowest BCUT2D eigenvalue weighted by Crippen LogP contribution is -2.27. The molecule has 0 bridgehead atoms. The highest BCUT2D eigenvalue weighted by atomic mass is 32.3. The van der Waals surface area contributed by atoms with E-state index < -0.39 is 10.4 Å². The van der Waals surface area contributed by atoms with Crippen LogP contribution in [0.25, 0.3) is 0 Å². The summed E-state index contributed by atoms with van der Waals surface area (Å²) >= 11 is 0. The Morgan fingerprint density at radius 1 is 1.42 bits per heavy atom. The molecular formula is C10H20N4O4S. The third kappa shape index (κ3) is 19.1. The van der Waals surface area contributed by atoms with Crippen LogP contribution in [0.2, 0.25) is 0 Å². The zero-order valence-corrected chi connectivity index (χ0v) is 12.8. The average molecular weight is 292 g/mol. The Kier molecular flexibility index (Phi) is 8.99. The van der Waals surface area contributed by atoms with E-state index in [0.29, 0.717) is 10.2 Å². The van der Waals surface area contributed by atoms with Crippen molar-refractivity contribution in [3.63, 3.8) is 0 Å². The average Bonchev–Trinajstić information content (AvgIpc) is 2.22. The molecule has 0 spiro atoms. The fourth-order valence-electron chi connectivity index (χ4n) is 0.605. The van der Waals surface area contributed by atoms with Crippen LogP contribution in [-0.4, -0.2) is 71.0 Å². The third-order valence-corrected chi connectivity index (χ3v) is 1.68. The molecule has 0 fully saturated rings. The van der Waals surface area contributed by atoms with E-state index in [1.165, 1.54) is 0 Å². The van der Waals surface area contributed by atoms with Crippen molar-refractivity contribution in [2.45, 2.75) is 0 Å². The lowest BCUT2D eigenvalue weighted by atomic mass is 10.3. The normalized spacial score (nSPS) is 12.6. The SMILES string of the molecule is CN(C)C=C(C#N)C=N[N+](C)(C)C.COS(=O)(=O)[O-]. The molecule has 0 radical (unpaired) electrons. The standard InChI is InChI=1S/C9H17N4.CH4O4S/c1-12(2)8-9(6-10)7-11-13(3,4)5;1-5-6(2,3)4/h7-8H,1-5H3;1H3,(H,2,3,4)/q+1;/p-1. The Morgan fingerprint density at radius 3 is 2.05 bits per heavy atom. The third-order valence-electron chi connectivity index (χ3n) is 1.27. The van der Waals surface area contributed by atoms with Gasteiger partial charge in [0.05, 0.1) is 33.8 Å². The molecule has 0 N–H and O–H groups in total. The predicted octanol–water partition coefficient (Wildman–Crippen LogP) is -0.260. The van der Waals surface area contributed by atoms with Gasteiger partial charge >= 0.3 is 0 Å². The van der Waals surface area contributed by atoms with Crippen molar-refractivity contribution in [3.05, 3.63) is 11.8 Å². The van der Waals surface area contributed by atoms with Crippen LogP contribution in [0.15, 0.2) is 16.9 Å². The molecule has 0 heterocycles. The molecule has 0 unspecified atom stereocenters. The molecule has 0 saturated heterocycles. The smallest absolute Gasteiger partial charge is 0.217 e. The summed E-state index contributed by atoms with van der Waals surface area (Å²) in [6, 6.07) is 2.07. The Labute approximate surface area is 114 Å². The minimum atomic E-state index is -4.41. The quantitative estimate of drug-likeness (QED) is 0.176. The fraction of sp³-hybridized carbons (Fsp3) is 0.600. The van der Waals surface area contributed by atoms with Crippen molar-refractivity contribution in [1.29, 1.82) is 5.26 Å². The first-order valence-corrected chi connectivity index (χ1v) is 6.41. The molecule has 0 aromatic carbocycles. The van der Waals surface area contributed by atoms with Crippen molar-refractivity contribution in [3.8, 4) is 6.07 Å². The predicted molar refractivity (Wildman–Crippen MR) is 70.6 cm³/mol. The van der Waals surface area contributed by atoms with Gasteiger partial charge in [0.15, 0.2) is 0 Å². The summed E-state index contributed by atoms with van der Waals surface area (Å²) in [4.78, 5) is 1.82. The van der Waals surface area contributed by atoms with Crippen molar-refractivity contribution >= 4 is 16.6 Å². The van der Waals surface area contributed by atoms with Crippen molar-refractivity contribution < 1.29 is 21.7 Å². The van der Waals surface area contributed by atoms with Gasteiger partial charge in [-0.15, -0.1) is 0 Å². The van der Waals surface area contributed by atoms with Crippen LogP contribution in [0.4, 0.5) is 0 Å². The van der Waals surface area contributed by atoms with E-state index in [1.54, 1.807) is 12.4 Å². The molecule has 9 heteroatoms. The van der Waals surface area contributed by atoms with Gasteiger partial charge in [-0.2, -0.15) is 5.26 Å². The molecule has 0 rings (SSSR count). The summed E-state index contributed by atoms with van der Waals surface area (Å²) in [6.45, 7) is 0. The van der Waals surface area contributed by atoms with Crippen molar-refractivity contribution in [1.82, 2.24) is 4.90 Å². The zero-order chi connectivity index (χ0) is 15.7. The zero-order valence-electron chi connectivity index (χ0n) is 12.0. The molecule has 0 aromatic heterocycles.